The van der Waals surface area contributed by atoms with Gasteiger partial charge in [-0.05, 0) is 32.9 Å². The van der Waals surface area contributed by atoms with Crippen LogP contribution in [0.2, 0.25) is 0 Å². The van der Waals surface area contributed by atoms with Crippen LogP contribution in [0.5, 0.6) is 0 Å². The van der Waals surface area contributed by atoms with Crippen molar-refractivity contribution >= 4 is 11.8 Å². The monoisotopic (exact) mass is 338 g/mol. The fourth-order valence-corrected chi connectivity index (χ4v) is 2.59. The largest absolute Gasteiger partial charge is 0.456 e. The van der Waals surface area contributed by atoms with Crippen molar-refractivity contribution in [2.24, 2.45) is 0 Å². The van der Waals surface area contributed by atoms with Crippen molar-refractivity contribution in [3.05, 3.63) is 23.7 Å². The summed E-state index contributed by atoms with van der Waals surface area (Å²) in [5, 5.41) is 0. The number of furan rings is 1. The van der Waals surface area contributed by atoms with Crippen molar-refractivity contribution in [3.63, 3.8) is 0 Å². The third kappa shape index (κ3) is 4.82. The minimum atomic E-state index is -0.500. The number of nitrogens with zero attached hydrogens (tertiary/aromatic N) is 2. The summed E-state index contributed by atoms with van der Waals surface area (Å²) >= 11 is 0. The average Bonchev–Trinajstić information content (AvgIpc) is 3.04. The Morgan fingerprint density at radius 2 is 1.83 bits per heavy atom. The summed E-state index contributed by atoms with van der Waals surface area (Å²) in [6, 6.07) is 3.46. The molecule has 2 rings (SSSR count). The van der Waals surface area contributed by atoms with Crippen molar-refractivity contribution < 1.29 is 23.5 Å². The molecule has 2 heterocycles. The van der Waals surface area contributed by atoms with E-state index in [0.717, 1.165) is 0 Å². The second-order valence-electron chi connectivity index (χ2n) is 5.74. The summed E-state index contributed by atoms with van der Waals surface area (Å²) in [6.45, 7) is 8.99. The molecule has 1 unspecified atom stereocenters. The lowest BCUT2D eigenvalue weighted by molar-refractivity contribution is -0.145. The van der Waals surface area contributed by atoms with Crippen molar-refractivity contribution in [1.29, 1.82) is 0 Å². The molecule has 1 aliphatic heterocycles. The number of rotatable bonds is 7. The molecule has 0 bridgehead atoms. The zero-order chi connectivity index (χ0) is 17.5. The summed E-state index contributed by atoms with van der Waals surface area (Å²) < 4.78 is 16.1. The molecule has 0 spiro atoms. The smallest absolute Gasteiger partial charge is 0.289 e. The molecular weight excluding hydrogens is 312 g/mol. The standard InChI is InChI=1S/C17H26N2O5/c1-4-22-11-12-23-14(3)16(20)18-7-9-19(10-8-18)17(21)15-6-5-13(2)24-15/h5-6,14H,4,7-12H2,1-3H3. The van der Waals surface area contributed by atoms with E-state index < -0.39 is 6.10 Å². The second-order valence-corrected chi connectivity index (χ2v) is 5.74. The average molecular weight is 338 g/mol. The lowest BCUT2D eigenvalue weighted by atomic mass is 10.2. The van der Waals surface area contributed by atoms with Crippen LogP contribution in [0.1, 0.15) is 30.2 Å². The van der Waals surface area contributed by atoms with Gasteiger partial charge in [-0.25, -0.2) is 0 Å². The van der Waals surface area contributed by atoms with Gasteiger partial charge in [0.15, 0.2) is 5.76 Å². The van der Waals surface area contributed by atoms with Gasteiger partial charge in [0.2, 0.25) is 0 Å². The lowest BCUT2D eigenvalue weighted by Crippen LogP contribution is -2.52. The molecule has 2 amide bonds. The molecule has 1 atom stereocenters. The first-order valence-electron chi connectivity index (χ1n) is 8.36. The van der Waals surface area contributed by atoms with Crippen LogP contribution in [0.15, 0.2) is 16.5 Å². The highest BCUT2D eigenvalue weighted by Crippen LogP contribution is 2.13. The van der Waals surface area contributed by atoms with Crippen LogP contribution in [-0.4, -0.2) is 73.7 Å². The van der Waals surface area contributed by atoms with Gasteiger partial charge < -0.3 is 23.7 Å². The van der Waals surface area contributed by atoms with Gasteiger partial charge in [-0.3, -0.25) is 9.59 Å². The van der Waals surface area contributed by atoms with Gasteiger partial charge in [-0.15, -0.1) is 0 Å². The van der Waals surface area contributed by atoms with E-state index >= 15 is 0 Å². The zero-order valence-electron chi connectivity index (χ0n) is 14.6. The zero-order valence-corrected chi connectivity index (χ0v) is 14.6. The maximum Gasteiger partial charge on any atom is 0.289 e. The molecule has 1 fully saturated rings. The number of carbonyl (C=O) groups is 2. The molecule has 0 saturated carbocycles. The summed E-state index contributed by atoms with van der Waals surface area (Å²) in [5.74, 6) is 0.883. The Morgan fingerprint density at radius 1 is 1.17 bits per heavy atom. The highest BCUT2D eigenvalue weighted by molar-refractivity contribution is 5.91. The number of ether oxygens (including phenoxy) is 2. The molecule has 7 nitrogen and oxygen atoms in total. The van der Waals surface area contributed by atoms with Crippen molar-refractivity contribution in [1.82, 2.24) is 9.80 Å². The van der Waals surface area contributed by atoms with E-state index in [4.69, 9.17) is 13.9 Å². The highest BCUT2D eigenvalue weighted by atomic mass is 16.5. The van der Waals surface area contributed by atoms with E-state index in [1.807, 2.05) is 6.92 Å². The molecule has 1 aromatic rings. The normalized spacial score (nSPS) is 16.3. The van der Waals surface area contributed by atoms with Gasteiger partial charge in [0.05, 0.1) is 13.2 Å². The molecule has 0 aliphatic carbocycles. The highest BCUT2D eigenvalue weighted by Gasteiger charge is 2.28. The fraction of sp³-hybridized carbons (Fsp3) is 0.647. The van der Waals surface area contributed by atoms with Gasteiger partial charge in [-0.2, -0.15) is 0 Å². The van der Waals surface area contributed by atoms with Gasteiger partial charge in [0.25, 0.3) is 11.8 Å². The first-order valence-corrected chi connectivity index (χ1v) is 8.36. The van der Waals surface area contributed by atoms with Crippen molar-refractivity contribution in [3.8, 4) is 0 Å². The van der Waals surface area contributed by atoms with Gasteiger partial charge in [0, 0.05) is 32.8 Å². The van der Waals surface area contributed by atoms with E-state index in [0.29, 0.717) is 57.5 Å². The molecule has 1 aromatic heterocycles. The Kier molecular flexibility index (Phi) is 6.81. The lowest BCUT2D eigenvalue weighted by Gasteiger charge is -2.35. The SMILES string of the molecule is CCOCCOC(C)C(=O)N1CCN(C(=O)c2ccc(C)o2)CC1. The molecule has 0 radical (unpaired) electrons. The van der Waals surface area contributed by atoms with Crippen molar-refractivity contribution in [2.75, 3.05) is 46.0 Å². The molecule has 1 saturated heterocycles. The third-order valence-corrected chi connectivity index (χ3v) is 3.98. The number of hydrogen-bond donors (Lipinski definition) is 0. The molecule has 0 aromatic carbocycles. The van der Waals surface area contributed by atoms with Crippen LogP contribution in [0, 0.1) is 6.92 Å². The quantitative estimate of drug-likeness (QED) is 0.701. The summed E-state index contributed by atoms with van der Waals surface area (Å²) in [4.78, 5) is 28.1. The molecule has 7 heteroatoms. The first kappa shape index (κ1) is 18.5. The molecule has 134 valence electrons. The topological polar surface area (TPSA) is 72.2 Å². The number of carbonyl (C=O) groups excluding carboxylic acids is 2. The van der Waals surface area contributed by atoms with Gasteiger partial charge in [-0.1, -0.05) is 0 Å². The molecule has 1 aliphatic rings. The van der Waals surface area contributed by atoms with E-state index in [2.05, 4.69) is 0 Å². The van der Waals surface area contributed by atoms with E-state index in [-0.39, 0.29) is 11.8 Å². The van der Waals surface area contributed by atoms with Crippen LogP contribution in [-0.2, 0) is 14.3 Å². The van der Waals surface area contributed by atoms with Crippen LogP contribution < -0.4 is 0 Å². The Bertz CT molecular complexity index is 549. The Balaban J connectivity index is 1.77. The first-order chi connectivity index (χ1) is 11.5. The Labute approximate surface area is 142 Å². The number of aryl methyl sites for hydroxylation is 1. The van der Waals surface area contributed by atoms with Crippen LogP contribution in [0.3, 0.4) is 0 Å². The van der Waals surface area contributed by atoms with Crippen molar-refractivity contribution in [2.45, 2.75) is 26.9 Å². The Hall–Kier alpha value is -1.86. The predicted molar refractivity (Wildman–Crippen MR) is 87.8 cm³/mol. The summed E-state index contributed by atoms with van der Waals surface area (Å²) in [7, 11) is 0. The minimum absolute atomic E-state index is 0.0487. The van der Waals surface area contributed by atoms with E-state index in [1.54, 1.807) is 35.8 Å². The van der Waals surface area contributed by atoms with Gasteiger partial charge in [0.1, 0.15) is 11.9 Å². The number of amides is 2. The number of hydrogen-bond acceptors (Lipinski definition) is 5. The molecular formula is C17H26N2O5. The maximum atomic E-state index is 12.3. The van der Waals surface area contributed by atoms with Crippen LogP contribution in [0.4, 0.5) is 0 Å². The minimum Gasteiger partial charge on any atom is -0.456 e. The molecule has 24 heavy (non-hydrogen) atoms. The molecule has 0 N–H and O–H groups in total. The van der Waals surface area contributed by atoms with Crippen LogP contribution in [0.25, 0.3) is 0 Å². The fourth-order valence-electron chi connectivity index (χ4n) is 2.59. The second kappa shape index (κ2) is 8.84. The number of piperazine rings is 1. The Morgan fingerprint density at radius 3 is 2.42 bits per heavy atom. The van der Waals surface area contributed by atoms with E-state index in [1.165, 1.54) is 0 Å². The van der Waals surface area contributed by atoms with E-state index in [9.17, 15) is 9.59 Å². The van der Waals surface area contributed by atoms with Crippen LogP contribution >= 0.6 is 0 Å². The third-order valence-electron chi connectivity index (χ3n) is 3.98. The summed E-state index contributed by atoms with van der Waals surface area (Å²) in [5.41, 5.74) is 0. The maximum absolute atomic E-state index is 12.3. The van der Waals surface area contributed by atoms with Gasteiger partial charge >= 0.3 is 0 Å². The summed E-state index contributed by atoms with van der Waals surface area (Å²) in [6.07, 6.45) is -0.500. The predicted octanol–water partition coefficient (Wildman–Crippen LogP) is 1.31.